The molecule has 0 atom stereocenters. The first-order valence-corrected chi connectivity index (χ1v) is 9.59. The number of thiazole rings is 1. The highest BCUT2D eigenvalue weighted by atomic mass is 32.1. The van der Waals surface area contributed by atoms with Crippen LogP contribution in [0.4, 0.5) is 0 Å². The third-order valence-corrected chi connectivity index (χ3v) is 6.02. The molecule has 25 heavy (non-hydrogen) atoms. The zero-order valence-electron chi connectivity index (χ0n) is 14.2. The lowest BCUT2D eigenvalue weighted by Crippen LogP contribution is -2.33. The number of imidazole rings is 1. The van der Waals surface area contributed by atoms with E-state index in [1.54, 1.807) is 11.3 Å². The fourth-order valence-corrected chi connectivity index (χ4v) is 4.67. The van der Waals surface area contributed by atoms with Crippen LogP contribution >= 0.6 is 11.3 Å². The van der Waals surface area contributed by atoms with Gasteiger partial charge in [0.05, 0.1) is 17.6 Å². The van der Waals surface area contributed by atoms with Crippen LogP contribution in [0, 0.1) is 6.92 Å². The Labute approximate surface area is 149 Å². The Balaban J connectivity index is 1.32. The lowest BCUT2D eigenvalue weighted by molar-refractivity contribution is 0.199. The summed E-state index contributed by atoms with van der Waals surface area (Å²) in [5.74, 6) is 0.550. The minimum absolute atomic E-state index is 0.550. The molecule has 0 aliphatic carbocycles. The van der Waals surface area contributed by atoms with E-state index in [9.17, 15) is 0 Å². The smallest absolute Gasteiger partial charge is 0.194 e. The van der Waals surface area contributed by atoms with Gasteiger partial charge >= 0.3 is 0 Å². The number of aryl methyl sites for hydroxylation is 1. The highest BCUT2D eigenvalue weighted by Crippen LogP contribution is 2.29. The second-order valence-electron chi connectivity index (χ2n) is 6.72. The van der Waals surface area contributed by atoms with E-state index in [0.29, 0.717) is 5.92 Å². The topological polar surface area (TPSA) is 50.7 Å². The van der Waals surface area contributed by atoms with Crippen molar-refractivity contribution in [3.8, 4) is 0 Å². The molecule has 0 bridgehead atoms. The molecule has 0 radical (unpaired) electrons. The van der Waals surface area contributed by atoms with Crippen LogP contribution in [0.1, 0.15) is 35.8 Å². The van der Waals surface area contributed by atoms with Crippen LogP contribution in [0.2, 0.25) is 0 Å². The molecular weight excluding hydrogens is 332 g/mol. The van der Waals surface area contributed by atoms with Gasteiger partial charge in [-0.15, -0.1) is 11.3 Å². The summed E-state index contributed by atoms with van der Waals surface area (Å²) in [6, 6.07) is 4.09. The first kappa shape index (κ1) is 15.0. The normalized spacial score (nSPS) is 17.0. The number of hydrogen-bond acceptors (Lipinski definition) is 5. The Bertz CT molecular complexity index is 1020. The van der Waals surface area contributed by atoms with Crippen molar-refractivity contribution >= 4 is 21.9 Å². The van der Waals surface area contributed by atoms with E-state index in [2.05, 4.69) is 48.9 Å². The van der Waals surface area contributed by atoms with Crippen LogP contribution in [0.15, 0.2) is 36.1 Å². The molecule has 1 saturated heterocycles. The molecule has 0 saturated carbocycles. The molecule has 128 valence electrons. The molecule has 6 nitrogen and oxygen atoms in total. The van der Waals surface area contributed by atoms with Gasteiger partial charge in [0.25, 0.3) is 0 Å². The zero-order valence-corrected chi connectivity index (χ0v) is 15.0. The second-order valence-corrected chi connectivity index (χ2v) is 7.59. The van der Waals surface area contributed by atoms with Crippen LogP contribution in [-0.4, -0.2) is 42.0 Å². The molecule has 4 aromatic heterocycles. The quantitative estimate of drug-likeness (QED) is 0.568. The summed E-state index contributed by atoms with van der Waals surface area (Å²) in [6.07, 6.45) is 8.18. The Morgan fingerprint density at radius 2 is 2.08 bits per heavy atom. The predicted molar refractivity (Wildman–Crippen MR) is 98.0 cm³/mol. The lowest BCUT2D eigenvalue weighted by atomic mass is 9.93. The monoisotopic (exact) mass is 352 g/mol. The van der Waals surface area contributed by atoms with Gasteiger partial charge in [0.1, 0.15) is 0 Å². The summed E-state index contributed by atoms with van der Waals surface area (Å²) in [6.45, 7) is 5.30. The molecule has 5 heterocycles. The van der Waals surface area contributed by atoms with Gasteiger partial charge in [0, 0.05) is 42.0 Å². The molecule has 4 aromatic rings. The molecule has 7 heteroatoms. The van der Waals surface area contributed by atoms with Crippen molar-refractivity contribution in [1.29, 1.82) is 0 Å². The fraction of sp³-hybridized carbons (Fsp3) is 0.389. The highest BCUT2D eigenvalue weighted by molar-refractivity contribution is 7.15. The molecule has 0 aromatic carbocycles. The molecular formula is C18H20N6S. The van der Waals surface area contributed by atoms with Crippen LogP contribution in [0.3, 0.4) is 0 Å². The molecule has 1 aliphatic rings. The number of hydrogen-bond donors (Lipinski definition) is 0. The molecule has 0 N–H and O–H groups in total. The van der Waals surface area contributed by atoms with Crippen molar-refractivity contribution in [3.63, 3.8) is 0 Å². The van der Waals surface area contributed by atoms with E-state index >= 15 is 0 Å². The molecule has 5 rings (SSSR count). The van der Waals surface area contributed by atoms with Crippen molar-refractivity contribution in [2.75, 3.05) is 13.1 Å². The molecule has 0 amide bonds. The largest absolute Gasteiger partial charge is 0.297 e. The molecule has 0 spiro atoms. The molecule has 1 fully saturated rings. The van der Waals surface area contributed by atoms with Crippen LogP contribution < -0.4 is 0 Å². The number of piperidine rings is 1. The number of fused-ring (bicyclic) bond motifs is 2. The Kier molecular flexibility index (Phi) is 3.57. The Morgan fingerprint density at radius 1 is 1.20 bits per heavy atom. The maximum atomic E-state index is 4.67. The van der Waals surface area contributed by atoms with E-state index in [-0.39, 0.29) is 0 Å². The average molecular weight is 352 g/mol. The van der Waals surface area contributed by atoms with Gasteiger partial charge in [-0.05, 0) is 38.9 Å². The third kappa shape index (κ3) is 2.54. The third-order valence-electron chi connectivity index (χ3n) is 5.26. The van der Waals surface area contributed by atoms with Crippen molar-refractivity contribution in [2.45, 2.75) is 32.2 Å². The van der Waals surface area contributed by atoms with Gasteiger partial charge in [-0.1, -0.05) is 0 Å². The summed E-state index contributed by atoms with van der Waals surface area (Å²) in [5, 5.41) is 6.55. The number of aromatic nitrogens is 5. The molecule has 1 aliphatic heterocycles. The zero-order chi connectivity index (χ0) is 16.8. The van der Waals surface area contributed by atoms with Crippen LogP contribution in [0.25, 0.3) is 10.6 Å². The summed E-state index contributed by atoms with van der Waals surface area (Å²) in [4.78, 5) is 12.7. The van der Waals surface area contributed by atoms with Crippen molar-refractivity contribution in [2.24, 2.45) is 0 Å². The maximum absolute atomic E-state index is 4.67. The fourth-order valence-electron chi connectivity index (χ4n) is 3.89. The molecule has 0 unspecified atom stereocenters. The average Bonchev–Trinajstić information content (AvgIpc) is 3.33. The second kappa shape index (κ2) is 5.93. The first-order chi connectivity index (χ1) is 12.3. The van der Waals surface area contributed by atoms with Gasteiger partial charge in [-0.3, -0.25) is 9.30 Å². The van der Waals surface area contributed by atoms with E-state index < -0.39 is 0 Å². The Morgan fingerprint density at radius 3 is 2.96 bits per heavy atom. The minimum atomic E-state index is 0.550. The first-order valence-electron chi connectivity index (χ1n) is 8.71. The van der Waals surface area contributed by atoms with E-state index in [4.69, 9.17) is 0 Å². The summed E-state index contributed by atoms with van der Waals surface area (Å²) in [5.41, 5.74) is 4.71. The van der Waals surface area contributed by atoms with Crippen LogP contribution in [0.5, 0.6) is 0 Å². The van der Waals surface area contributed by atoms with E-state index in [1.165, 1.54) is 11.4 Å². The van der Waals surface area contributed by atoms with Gasteiger partial charge in [0.2, 0.25) is 0 Å². The summed E-state index contributed by atoms with van der Waals surface area (Å²) >= 11 is 1.70. The number of rotatable bonds is 3. The van der Waals surface area contributed by atoms with Gasteiger partial charge in [0.15, 0.2) is 10.6 Å². The van der Waals surface area contributed by atoms with Gasteiger partial charge in [-0.2, -0.15) is 5.10 Å². The standard InChI is InChI=1S/C18H20N6S/c1-13-16(23-10-11-25-18(23)21-13)12-22-8-4-14(5-9-22)15-2-6-19-17-3-7-20-24(15)17/h2-3,6-7,10-11,14H,4-5,8-9,12H2,1H3. The minimum Gasteiger partial charge on any atom is -0.297 e. The van der Waals surface area contributed by atoms with E-state index in [1.807, 2.05) is 23.0 Å². The predicted octanol–water partition coefficient (Wildman–Crippen LogP) is 3.13. The van der Waals surface area contributed by atoms with Crippen molar-refractivity contribution < 1.29 is 0 Å². The van der Waals surface area contributed by atoms with Crippen LogP contribution in [-0.2, 0) is 6.54 Å². The Hall–Kier alpha value is -2.25. The number of nitrogens with zero attached hydrogens (tertiary/aromatic N) is 6. The van der Waals surface area contributed by atoms with Crippen molar-refractivity contribution in [1.82, 2.24) is 28.9 Å². The van der Waals surface area contributed by atoms with Gasteiger partial charge in [-0.25, -0.2) is 14.5 Å². The van der Waals surface area contributed by atoms with Crippen molar-refractivity contribution in [3.05, 3.63) is 53.2 Å². The summed E-state index contributed by atoms with van der Waals surface area (Å²) < 4.78 is 4.23. The maximum Gasteiger partial charge on any atom is 0.194 e. The lowest BCUT2D eigenvalue weighted by Gasteiger charge is -2.32. The number of likely N-dealkylation sites (tertiary alicyclic amines) is 1. The van der Waals surface area contributed by atoms with Gasteiger partial charge < -0.3 is 0 Å². The highest BCUT2D eigenvalue weighted by Gasteiger charge is 2.24. The van der Waals surface area contributed by atoms with E-state index in [0.717, 1.165) is 48.8 Å². The SMILES string of the molecule is Cc1nc2sccn2c1CN1CCC(c2ccnc3ccnn23)CC1. The summed E-state index contributed by atoms with van der Waals surface area (Å²) in [7, 11) is 0.